The maximum Gasteiger partial charge on any atom is 0.244 e. The fourth-order valence-corrected chi connectivity index (χ4v) is 4.37. The molecule has 35 heavy (non-hydrogen) atoms. The summed E-state index contributed by atoms with van der Waals surface area (Å²) in [5.41, 5.74) is 1.71. The van der Waals surface area contributed by atoms with Gasteiger partial charge in [0.25, 0.3) is 0 Å². The number of benzene rings is 2. The van der Waals surface area contributed by atoms with E-state index in [0.717, 1.165) is 21.7 Å². The lowest BCUT2D eigenvalue weighted by Gasteiger charge is -2.33. The number of nitrogens with one attached hydrogen (secondary N) is 1. The Morgan fingerprint density at radius 1 is 1.06 bits per heavy atom. The lowest BCUT2D eigenvalue weighted by molar-refractivity contribution is -0.140. The fraction of sp³-hybridized carbons (Fsp3) is 0.462. The van der Waals surface area contributed by atoms with Gasteiger partial charge in [0.15, 0.2) is 0 Å². The van der Waals surface area contributed by atoms with E-state index in [1.54, 1.807) is 31.2 Å². The van der Waals surface area contributed by atoms with Crippen molar-refractivity contribution in [1.29, 1.82) is 0 Å². The third kappa shape index (κ3) is 8.28. The van der Waals surface area contributed by atoms with Gasteiger partial charge in [-0.15, -0.1) is 0 Å². The molecule has 0 aliphatic rings. The van der Waals surface area contributed by atoms with Gasteiger partial charge < -0.3 is 15.0 Å². The molecule has 0 saturated heterocycles. The fourth-order valence-electron chi connectivity index (χ4n) is 3.52. The molecule has 2 rings (SSSR count). The zero-order valence-electron chi connectivity index (χ0n) is 21.7. The van der Waals surface area contributed by atoms with E-state index in [0.29, 0.717) is 18.0 Å². The van der Waals surface area contributed by atoms with Gasteiger partial charge in [0, 0.05) is 12.1 Å². The number of rotatable bonds is 10. The molecule has 0 aromatic heterocycles. The van der Waals surface area contributed by atoms with Crippen molar-refractivity contribution < 1.29 is 22.7 Å². The van der Waals surface area contributed by atoms with Crippen LogP contribution in [0.5, 0.6) is 5.75 Å². The van der Waals surface area contributed by atoms with Gasteiger partial charge in [-0.3, -0.25) is 13.9 Å². The topological polar surface area (TPSA) is 96.0 Å². The molecular weight excluding hydrogens is 466 g/mol. The second-order valence-electron chi connectivity index (χ2n) is 9.56. The van der Waals surface area contributed by atoms with Crippen LogP contribution in [0.2, 0.25) is 0 Å². The zero-order chi connectivity index (χ0) is 26.4. The number of carbonyl (C=O) groups excluding carboxylic acids is 2. The van der Waals surface area contributed by atoms with Crippen LogP contribution in [0.15, 0.2) is 48.5 Å². The summed E-state index contributed by atoms with van der Waals surface area (Å²) in [4.78, 5) is 28.0. The molecule has 2 aromatic rings. The number of nitrogens with zero attached hydrogens (tertiary/aromatic N) is 2. The van der Waals surface area contributed by atoms with E-state index in [-0.39, 0.29) is 12.5 Å². The first-order chi connectivity index (χ1) is 16.2. The Kier molecular flexibility index (Phi) is 9.31. The number of amides is 2. The molecule has 0 aliphatic heterocycles. The molecule has 9 heteroatoms. The number of aryl methyl sites for hydroxylation is 1. The maximum absolute atomic E-state index is 13.6. The number of hydrogen-bond acceptors (Lipinski definition) is 5. The molecule has 0 aliphatic carbocycles. The monoisotopic (exact) mass is 503 g/mol. The van der Waals surface area contributed by atoms with Crippen LogP contribution in [0.4, 0.5) is 5.69 Å². The number of sulfonamides is 1. The van der Waals surface area contributed by atoms with Crippen LogP contribution in [0.3, 0.4) is 0 Å². The molecule has 0 saturated carbocycles. The molecular formula is C26H37N3O5S. The van der Waals surface area contributed by atoms with Crippen molar-refractivity contribution in [3.63, 3.8) is 0 Å². The van der Waals surface area contributed by atoms with Gasteiger partial charge in [-0.25, -0.2) is 8.42 Å². The van der Waals surface area contributed by atoms with Gasteiger partial charge in [0.2, 0.25) is 21.8 Å². The second-order valence-corrected chi connectivity index (χ2v) is 11.5. The molecule has 8 nitrogen and oxygen atoms in total. The lowest BCUT2D eigenvalue weighted by atomic mass is 10.1. The van der Waals surface area contributed by atoms with Crippen molar-refractivity contribution in [1.82, 2.24) is 10.2 Å². The van der Waals surface area contributed by atoms with Crippen molar-refractivity contribution in [3.05, 3.63) is 59.7 Å². The van der Waals surface area contributed by atoms with Gasteiger partial charge in [0.05, 0.1) is 18.6 Å². The van der Waals surface area contributed by atoms with Crippen LogP contribution in [0, 0.1) is 6.92 Å². The van der Waals surface area contributed by atoms with E-state index >= 15 is 0 Å². The van der Waals surface area contributed by atoms with Gasteiger partial charge in [0.1, 0.15) is 18.3 Å². The molecule has 0 radical (unpaired) electrons. The summed E-state index contributed by atoms with van der Waals surface area (Å²) in [6, 6.07) is 13.3. The minimum atomic E-state index is -3.78. The van der Waals surface area contributed by atoms with E-state index in [2.05, 4.69) is 5.32 Å². The molecule has 1 atom stereocenters. The first kappa shape index (κ1) is 28.2. The summed E-state index contributed by atoms with van der Waals surface area (Å²) in [6.45, 7) is 11.2. The number of carbonyl (C=O) groups is 2. The van der Waals surface area contributed by atoms with Gasteiger partial charge in [-0.2, -0.15) is 0 Å². The minimum Gasteiger partial charge on any atom is -0.494 e. The van der Waals surface area contributed by atoms with Crippen LogP contribution in [0.1, 0.15) is 45.7 Å². The van der Waals surface area contributed by atoms with Crippen LogP contribution in [-0.4, -0.2) is 56.1 Å². The van der Waals surface area contributed by atoms with E-state index in [1.165, 1.54) is 4.90 Å². The van der Waals surface area contributed by atoms with E-state index in [1.807, 2.05) is 58.9 Å². The number of ether oxygens (including phenoxy) is 1. The first-order valence-electron chi connectivity index (χ1n) is 11.6. The highest BCUT2D eigenvalue weighted by atomic mass is 32.2. The predicted octanol–water partition coefficient (Wildman–Crippen LogP) is 3.49. The van der Waals surface area contributed by atoms with Crippen LogP contribution in [-0.2, 0) is 26.2 Å². The largest absolute Gasteiger partial charge is 0.494 e. The predicted molar refractivity (Wildman–Crippen MR) is 139 cm³/mol. The molecule has 0 fully saturated rings. The summed E-state index contributed by atoms with van der Waals surface area (Å²) >= 11 is 0. The van der Waals surface area contributed by atoms with Crippen molar-refractivity contribution in [2.45, 2.75) is 59.7 Å². The van der Waals surface area contributed by atoms with Crippen molar-refractivity contribution >= 4 is 27.5 Å². The molecule has 1 N–H and O–H groups in total. The lowest BCUT2D eigenvalue weighted by Crippen LogP contribution is -2.54. The average molecular weight is 504 g/mol. The van der Waals surface area contributed by atoms with Gasteiger partial charge >= 0.3 is 0 Å². The Labute approximate surface area is 209 Å². The molecule has 2 aromatic carbocycles. The molecule has 0 spiro atoms. The van der Waals surface area contributed by atoms with E-state index in [9.17, 15) is 18.0 Å². The second kappa shape index (κ2) is 11.6. The van der Waals surface area contributed by atoms with Crippen LogP contribution >= 0.6 is 0 Å². The number of anilines is 1. The quantitative estimate of drug-likeness (QED) is 0.535. The molecule has 0 heterocycles. The SMILES string of the molecule is CCOc1ccc(N(CC(=O)N(Cc2ccccc2C)C(C)C(=O)NC(C)(C)C)S(C)(=O)=O)cc1. The third-order valence-electron chi connectivity index (χ3n) is 5.38. The molecule has 2 amide bonds. The highest BCUT2D eigenvalue weighted by Gasteiger charge is 2.31. The first-order valence-corrected chi connectivity index (χ1v) is 13.4. The standard InChI is InChI=1S/C26H37N3O5S/c1-8-34-23-15-13-22(14-16-23)29(35(7,32)33)18-24(30)28(17-21-12-10-9-11-19(21)2)20(3)25(31)27-26(4,5)6/h9-16,20H,8,17-18H2,1-7H3,(H,27,31). The summed E-state index contributed by atoms with van der Waals surface area (Å²) in [7, 11) is -3.78. The average Bonchev–Trinajstić information content (AvgIpc) is 2.75. The van der Waals surface area contributed by atoms with Gasteiger partial charge in [-0.1, -0.05) is 24.3 Å². The van der Waals surface area contributed by atoms with E-state index in [4.69, 9.17) is 4.74 Å². The Bertz CT molecular complexity index is 1120. The van der Waals surface area contributed by atoms with Gasteiger partial charge in [-0.05, 0) is 76.9 Å². The smallest absolute Gasteiger partial charge is 0.244 e. The highest BCUT2D eigenvalue weighted by Crippen LogP contribution is 2.23. The Morgan fingerprint density at radius 2 is 1.66 bits per heavy atom. The Hall–Kier alpha value is -3.07. The molecule has 1 unspecified atom stereocenters. The minimum absolute atomic E-state index is 0.172. The van der Waals surface area contributed by atoms with Crippen LogP contribution in [0.25, 0.3) is 0 Å². The van der Waals surface area contributed by atoms with E-state index < -0.39 is 34.1 Å². The van der Waals surface area contributed by atoms with Crippen molar-refractivity contribution in [2.24, 2.45) is 0 Å². The van der Waals surface area contributed by atoms with Crippen molar-refractivity contribution in [2.75, 3.05) is 23.7 Å². The molecule has 0 bridgehead atoms. The summed E-state index contributed by atoms with van der Waals surface area (Å²) in [6.07, 6.45) is 1.05. The Morgan fingerprint density at radius 3 is 2.17 bits per heavy atom. The number of hydrogen-bond donors (Lipinski definition) is 1. The molecule has 192 valence electrons. The maximum atomic E-state index is 13.6. The summed E-state index contributed by atoms with van der Waals surface area (Å²) < 4.78 is 31.8. The third-order valence-corrected chi connectivity index (χ3v) is 6.52. The highest BCUT2D eigenvalue weighted by molar-refractivity contribution is 7.92. The summed E-state index contributed by atoms with van der Waals surface area (Å²) in [5, 5.41) is 2.91. The Balaban J connectivity index is 2.40. The summed E-state index contributed by atoms with van der Waals surface area (Å²) in [5.74, 6) is -0.194. The van der Waals surface area contributed by atoms with Crippen molar-refractivity contribution in [3.8, 4) is 5.75 Å². The van der Waals surface area contributed by atoms with Crippen LogP contribution < -0.4 is 14.4 Å². The zero-order valence-corrected chi connectivity index (χ0v) is 22.5. The normalized spacial score (nSPS) is 12.5.